The van der Waals surface area contributed by atoms with Gasteiger partial charge in [0.05, 0.1) is 31.4 Å². The number of rotatable bonds is 6. The highest BCUT2D eigenvalue weighted by Crippen LogP contribution is 2.41. The van der Waals surface area contributed by atoms with Gasteiger partial charge in [0.2, 0.25) is 0 Å². The van der Waals surface area contributed by atoms with Crippen LogP contribution in [0.3, 0.4) is 0 Å². The van der Waals surface area contributed by atoms with Gasteiger partial charge in [0.15, 0.2) is 17.3 Å². The number of hydrogen-bond acceptors (Lipinski definition) is 6. The summed E-state index contributed by atoms with van der Waals surface area (Å²) in [6, 6.07) is 3.42. The Morgan fingerprint density at radius 3 is 2.43 bits per heavy atom. The molecule has 1 aromatic heterocycles. The molecule has 2 saturated carbocycles. The molecule has 0 aromatic carbocycles. The van der Waals surface area contributed by atoms with Gasteiger partial charge in [-0.15, -0.1) is 0 Å². The molecule has 0 amide bonds. The SMILES string of the molecule is N#CCCOCc1nc(C(F)(F)F)ccc1C(=O)C1C(=O)C2CCC(C2)C1=O. The van der Waals surface area contributed by atoms with Gasteiger partial charge in [-0.2, -0.15) is 18.4 Å². The number of hydrogen-bond donors (Lipinski definition) is 0. The summed E-state index contributed by atoms with van der Waals surface area (Å²) in [6.07, 6.45) is -3.16. The number of carbonyl (C=O) groups excluding carboxylic acids is 3. The number of ether oxygens (including phenoxy) is 1. The molecular formula is C19H17F3N2O4. The monoisotopic (exact) mass is 394 g/mol. The van der Waals surface area contributed by atoms with Gasteiger partial charge in [-0.25, -0.2) is 4.98 Å². The quantitative estimate of drug-likeness (QED) is 0.418. The van der Waals surface area contributed by atoms with Crippen molar-refractivity contribution in [3.8, 4) is 6.07 Å². The smallest absolute Gasteiger partial charge is 0.374 e. The molecule has 28 heavy (non-hydrogen) atoms. The molecule has 2 unspecified atom stereocenters. The number of aromatic nitrogens is 1. The lowest BCUT2D eigenvalue weighted by Gasteiger charge is -2.25. The topological polar surface area (TPSA) is 97.1 Å². The van der Waals surface area contributed by atoms with Crippen LogP contribution in [0.5, 0.6) is 0 Å². The number of ketones is 3. The number of fused-ring (bicyclic) bond motifs is 2. The van der Waals surface area contributed by atoms with Crippen molar-refractivity contribution in [3.05, 3.63) is 29.1 Å². The number of Topliss-reactive ketones (excluding diaryl/α,β-unsaturated/α-hetero) is 3. The first-order chi connectivity index (χ1) is 13.2. The van der Waals surface area contributed by atoms with E-state index in [2.05, 4.69) is 4.98 Å². The third kappa shape index (κ3) is 3.83. The number of alkyl halides is 3. The van der Waals surface area contributed by atoms with Gasteiger partial charge in [0.25, 0.3) is 0 Å². The van der Waals surface area contributed by atoms with Gasteiger partial charge in [-0.1, -0.05) is 0 Å². The molecule has 2 atom stereocenters. The van der Waals surface area contributed by atoms with Crippen molar-refractivity contribution in [1.82, 2.24) is 4.98 Å². The normalized spacial score (nSPS) is 24.3. The van der Waals surface area contributed by atoms with Crippen LogP contribution in [-0.4, -0.2) is 28.9 Å². The van der Waals surface area contributed by atoms with Gasteiger partial charge in [-0.05, 0) is 31.4 Å². The third-order valence-electron chi connectivity index (χ3n) is 5.20. The van der Waals surface area contributed by atoms with Crippen molar-refractivity contribution in [3.63, 3.8) is 0 Å². The minimum absolute atomic E-state index is 0.0190. The lowest BCUT2D eigenvalue weighted by atomic mass is 9.75. The van der Waals surface area contributed by atoms with Crippen molar-refractivity contribution in [1.29, 1.82) is 5.26 Å². The first-order valence-corrected chi connectivity index (χ1v) is 8.87. The predicted octanol–water partition coefficient (Wildman–Crippen LogP) is 2.90. The molecular weight excluding hydrogens is 377 g/mol. The summed E-state index contributed by atoms with van der Waals surface area (Å²) in [5.41, 5.74) is -1.72. The summed E-state index contributed by atoms with van der Waals surface area (Å²) < 4.78 is 44.1. The van der Waals surface area contributed by atoms with Gasteiger partial charge in [0.1, 0.15) is 11.6 Å². The van der Waals surface area contributed by atoms with Crippen molar-refractivity contribution in [2.45, 2.75) is 38.5 Å². The molecule has 0 radical (unpaired) electrons. The van der Waals surface area contributed by atoms with Gasteiger partial charge < -0.3 is 4.74 Å². The zero-order valence-electron chi connectivity index (χ0n) is 14.8. The molecule has 3 rings (SSSR count). The molecule has 6 nitrogen and oxygen atoms in total. The molecule has 1 heterocycles. The lowest BCUT2D eigenvalue weighted by molar-refractivity contribution is -0.141. The van der Waals surface area contributed by atoms with E-state index in [9.17, 15) is 27.6 Å². The Kier molecular flexibility index (Phi) is 5.61. The summed E-state index contributed by atoms with van der Waals surface area (Å²) >= 11 is 0. The van der Waals surface area contributed by atoms with E-state index in [0.29, 0.717) is 25.3 Å². The first kappa shape index (κ1) is 20.1. The second-order valence-electron chi connectivity index (χ2n) is 6.96. The standard InChI is InChI=1S/C19H17F3N2O4/c20-19(21,22)14-5-4-12(13(24-14)9-28-7-1-6-23)18(27)15-16(25)10-2-3-11(8-10)17(15)26/h4-5,10-11,15H,1-3,7-9H2. The molecule has 2 aliphatic carbocycles. The molecule has 2 fully saturated rings. The summed E-state index contributed by atoms with van der Waals surface area (Å²) in [5.74, 6) is -3.93. The molecule has 2 bridgehead atoms. The molecule has 0 N–H and O–H groups in total. The number of carbonyl (C=O) groups is 3. The van der Waals surface area contributed by atoms with Crippen molar-refractivity contribution in [2.24, 2.45) is 17.8 Å². The summed E-state index contributed by atoms with van der Waals surface area (Å²) in [7, 11) is 0. The molecule has 0 aliphatic heterocycles. The highest BCUT2D eigenvalue weighted by Gasteiger charge is 2.50. The molecule has 0 saturated heterocycles. The molecule has 2 aliphatic rings. The fourth-order valence-electron chi connectivity index (χ4n) is 3.80. The zero-order chi connectivity index (χ0) is 20.5. The predicted molar refractivity (Wildman–Crippen MR) is 87.8 cm³/mol. The van der Waals surface area contributed by atoms with Crippen molar-refractivity contribution >= 4 is 17.3 Å². The van der Waals surface area contributed by atoms with Crippen LogP contribution < -0.4 is 0 Å². The van der Waals surface area contributed by atoms with Crippen LogP contribution >= 0.6 is 0 Å². The second-order valence-corrected chi connectivity index (χ2v) is 6.96. The minimum atomic E-state index is -4.72. The van der Waals surface area contributed by atoms with E-state index in [1.807, 2.05) is 6.07 Å². The molecule has 1 aromatic rings. The van der Waals surface area contributed by atoms with Crippen LogP contribution in [0.4, 0.5) is 13.2 Å². The van der Waals surface area contributed by atoms with E-state index in [-0.39, 0.29) is 36.1 Å². The summed E-state index contributed by atoms with van der Waals surface area (Å²) in [6.45, 7) is -0.484. The number of nitriles is 1. The fraction of sp³-hybridized carbons (Fsp3) is 0.526. The number of nitrogens with zero attached hydrogens (tertiary/aromatic N) is 2. The molecule has 0 spiro atoms. The Balaban J connectivity index is 1.92. The Bertz CT molecular complexity index is 838. The average Bonchev–Trinajstić information content (AvgIpc) is 3.10. The van der Waals surface area contributed by atoms with Crippen LogP contribution in [0.15, 0.2) is 12.1 Å². The van der Waals surface area contributed by atoms with E-state index >= 15 is 0 Å². The van der Waals surface area contributed by atoms with Crippen molar-refractivity contribution < 1.29 is 32.3 Å². The lowest BCUT2D eigenvalue weighted by Crippen LogP contribution is -2.42. The number of pyridine rings is 1. The zero-order valence-corrected chi connectivity index (χ0v) is 14.8. The fourth-order valence-corrected chi connectivity index (χ4v) is 3.80. The van der Waals surface area contributed by atoms with E-state index in [0.717, 1.165) is 6.07 Å². The Morgan fingerprint density at radius 1 is 1.21 bits per heavy atom. The maximum absolute atomic E-state index is 13.0. The van der Waals surface area contributed by atoms with Crippen LogP contribution in [0.1, 0.15) is 47.4 Å². The average molecular weight is 394 g/mol. The van der Waals surface area contributed by atoms with E-state index in [1.54, 1.807) is 0 Å². The largest absolute Gasteiger partial charge is 0.433 e. The van der Waals surface area contributed by atoms with Crippen LogP contribution in [-0.2, 0) is 27.1 Å². The first-order valence-electron chi connectivity index (χ1n) is 8.87. The molecule has 9 heteroatoms. The number of halogens is 3. The Labute approximate surface area is 158 Å². The van der Waals surface area contributed by atoms with Gasteiger partial charge in [0, 0.05) is 17.4 Å². The second kappa shape index (κ2) is 7.80. The summed E-state index contributed by atoms with van der Waals surface area (Å²) in [4.78, 5) is 41.5. The highest BCUT2D eigenvalue weighted by molar-refractivity contribution is 6.26. The maximum Gasteiger partial charge on any atom is 0.433 e. The summed E-state index contributed by atoms with van der Waals surface area (Å²) in [5, 5.41) is 8.52. The Hall–Kier alpha value is -2.60. The van der Waals surface area contributed by atoms with Crippen LogP contribution in [0.25, 0.3) is 0 Å². The van der Waals surface area contributed by atoms with E-state index in [4.69, 9.17) is 10.00 Å². The Morgan fingerprint density at radius 2 is 1.86 bits per heavy atom. The maximum atomic E-state index is 13.0. The van der Waals surface area contributed by atoms with Crippen LogP contribution in [0, 0.1) is 29.1 Å². The molecule has 148 valence electrons. The highest BCUT2D eigenvalue weighted by atomic mass is 19.4. The van der Waals surface area contributed by atoms with E-state index < -0.39 is 41.7 Å². The third-order valence-corrected chi connectivity index (χ3v) is 5.20. The minimum Gasteiger partial charge on any atom is -0.374 e. The van der Waals surface area contributed by atoms with Gasteiger partial charge in [-0.3, -0.25) is 14.4 Å². The van der Waals surface area contributed by atoms with Crippen molar-refractivity contribution in [2.75, 3.05) is 6.61 Å². The van der Waals surface area contributed by atoms with Gasteiger partial charge >= 0.3 is 6.18 Å². The van der Waals surface area contributed by atoms with E-state index in [1.165, 1.54) is 0 Å². The van der Waals surface area contributed by atoms with Crippen LogP contribution in [0.2, 0.25) is 0 Å².